The molecule has 0 N–H and O–H groups in total. The van der Waals surface area contributed by atoms with Crippen LogP contribution in [0.4, 0.5) is 0 Å². The van der Waals surface area contributed by atoms with Gasteiger partial charge in [-0.25, -0.2) is 0 Å². The second-order valence-corrected chi connectivity index (χ2v) is 4.62. The fraction of sp³-hybridized carbons (Fsp3) is 0.462. The van der Waals surface area contributed by atoms with Crippen molar-refractivity contribution in [2.45, 2.75) is 33.4 Å². The van der Waals surface area contributed by atoms with Crippen LogP contribution in [0.15, 0.2) is 24.3 Å². The van der Waals surface area contributed by atoms with Gasteiger partial charge in [0.1, 0.15) is 0 Å². The van der Waals surface area contributed by atoms with E-state index in [9.17, 15) is 4.79 Å². The summed E-state index contributed by atoms with van der Waals surface area (Å²) in [5, 5.41) is 0. The van der Waals surface area contributed by atoms with Crippen LogP contribution >= 0.6 is 0 Å². The molecule has 2 heteroatoms. The number of amides is 1. The van der Waals surface area contributed by atoms with Crippen LogP contribution in [-0.2, 0) is 17.9 Å². The van der Waals surface area contributed by atoms with Gasteiger partial charge in [0.2, 0.25) is 5.91 Å². The summed E-state index contributed by atoms with van der Waals surface area (Å²) in [6.07, 6.45) is 0.661. The number of carbonyl (C=O) groups excluding carboxylic acids is 1. The van der Waals surface area contributed by atoms with Gasteiger partial charge in [-0.05, 0) is 17.0 Å². The van der Waals surface area contributed by atoms with Crippen molar-refractivity contribution in [1.29, 1.82) is 0 Å². The standard InChI is InChI=1S/C13H17NO/c1-10(2)7-13(15)14-8-11-5-3-4-6-12(11)9-14/h3-6,10H,7-9H2,1-2H3. The van der Waals surface area contributed by atoms with Crippen molar-refractivity contribution in [3.8, 4) is 0 Å². The predicted octanol–water partition coefficient (Wildman–Crippen LogP) is 2.57. The quantitative estimate of drug-likeness (QED) is 0.723. The average Bonchev–Trinajstić information content (AvgIpc) is 2.59. The lowest BCUT2D eigenvalue weighted by atomic mass is 10.1. The molecule has 0 aromatic heterocycles. The van der Waals surface area contributed by atoms with Gasteiger partial charge in [-0.2, -0.15) is 0 Å². The molecular weight excluding hydrogens is 186 g/mol. The first-order valence-corrected chi connectivity index (χ1v) is 5.51. The molecule has 80 valence electrons. The maximum atomic E-state index is 11.9. The minimum atomic E-state index is 0.279. The molecule has 0 aliphatic carbocycles. The van der Waals surface area contributed by atoms with Gasteiger partial charge in [0, 0.05) is 19.5 Å². The molecule has 1 amide bonds. The summed E-state index contributed by atoms with van der Waals surface area (Å²) in [6.45, 7) is 5.76. The molecule has 1 heterocycles. The van der Waals surface area contributed by atoms with Gasteiger partial charge in [0.05, 0.1) is 0 Å². The first kappa shape index (κ1) is 10.2. The van der Waals surface area contributed by atoms with Crippen LogP contribution < -0.4 is 0 Å². The molecule has 0 fully saturated rings. The van der Waals surface area contributed by atoms with Crippen molar-refractivity contribution in [3.05, 3.63) is 35.4 Å². The van der Waals surface area contributed by atoms with Gasteiger partial charge in [-0.1, -0.05) is 38.1 Å². The number of hydrogen-bond acceptors (Lipinski definition) is 1. The SMILES string of the molecule is CC(C)CC(=O)N1Cc2ccccc2C1. The molecular formula is C13H17NO. The molecule has 2 rings (SSSR count). The van der Waals surface area contributed by atoms with Crippen molar-refractivity contribution in [3.63, 3.8) is 0 Å². The Labute approximate surface area is 90.9 Å². The molecule has 0 radical (unpaired) electrons. The Kier molecular flexibility index (Phi) is 2.76. The minimum absolute atomic E-state index is 0.279. The molecule has 1 aromatic carbocycles. The molecule has 0 atom stereocenters. The van der Waals surface area contributed by atoms with Crippen LogP contribution in [0.3, 0.4) is 0 Å². The summed E-state index contributed by atoms with van der Waals surface area (Å²) in [4.78, 5) is 13.8. The molecule has 1 aromatic rings. The molecule has 0 bridgehead atoms. The zero-order chi connectivity index (χ0) is 10.8. The van der Waals surface area contributed by atoms with Crippen LogP contribution in [0.25, 0.3) is 0 Å². The monoisotopic (exact) mass is 203 g/mol. The van der Waals surface area contributed by atoms with Crippen molar-refractivity contribution in [2.24, 2.45) is 5.92 Å². The summed E-state index contributed by atoms with van der Waals surface area (Å²) in [5.41, 5.74) is 2.60. The van der Waals surface area contributed by atoms with Crippen molar-refractivity contribution in [2.75, 3.05) is 0 Å². The third-order valence-electron chi connectivity index (χ3n) is 2.78. The molecule has 15 heavy (non-hydrogen) atoms. The number of fused-ring (bicyclic) bond motifs is 1. The van der Waals surface area contributed by atoms with Gasteiger partial charge < -0.3 is 4.90 Å². The fourth-order valence-electron chi connectivity index (χ4n) is 1.99. The van der Waals surface area contributed by atoms with E-state index in [4.69, 9.17) is 0 Å². The van der Waals surface area contributed by atoms with E-state index in [1.54, 1.807) is 0 Å². The number of carbonyl (C=O) groups is 1. The highest BCUT2D eigenvalue weighted by molar-refractivity contribution is 5.77. The van der Waals surface area contributed by atoms with Crippen LogP contribution in [-0.4, -0.2) is 10.8 Å². The Balaban J connectivity index is 2.04. The lowest BCUT2D eigenvalue weighted by Gasteiger charge is -2.16. The summed E-state index contributed by atoms with van der Waals surface area (Å²) < 4.78 is 0. The average molecular weight is 203 g/mol. The maximum absolute atomic E-state index is 11.9. The van der Waals surface area contributed by atoms with Gasteiger partial charge in [-0.15, -0.1) is 0 Å². The van der Waals surface area contributed by atoms with Crippen LogP contribution in [0, 0.1) is 5.92 Å². The highest BCUT2D eigenvalue weighted by atomic mass is 16.2. The lowest BCUT2D eigenvalue weighted by molar-refractivity contribution is -0.132. The van der Waals surface area contributed by atoms with E-state index >= 15 is 0 Å². The van der Waals surface area contributed by atoms with Gasteiger partial charge in [0.25, 0.3) is 0 Å². The molecule has 0 spiro atoms. The highest BCUT2D eigenvalue weighted by Crippen LogP contribution is 2.23. The number of hydrogen-bond donors (Lipinski definition) is 0. The summed E-state index contributed by atoms with van der Waals surface area (Å²) >= 11 is 0. The molecule has 0 unspecified atom stereocenters. The van der Waals surface area contributed by atoms with E-state index in [0.29, 0.717) is 12.3 Å². The topological polar surface area (TPSA) is 20.3 Å². The fourth-order valence-corrected chi connectivity index (χ4v) is 1.99. The van der Waals surface area contributed by atoms with Gasteiger partial charge in [-0.3, -0.25) is 4.79 Å². The Morgan fingerprint density at radius 1 is 1.27 bits per heavy atom. The highest BCUT2D eigenvalue weighted by Gasteiger charge is 2.22. The Morgan fingerprint density at radius 2 is 1.80 bits per heavy atom. The number of benzene rings is 1. The Hall–Kier alpha value is -1.31. The summed E-state index contributed by atoms with van der Waals surface area (Å²) in [5.74, 6) is 0.724. The minimum Gasteiger partial charge on any atom is -0.334 e. The van der Waals surface area contributed by atoms with E-state index in [-0.39, 0.29) is 5.91 Å². The van der Waals surface area contributed by atoms with E-state index in [1.165, 1.54) is 11.1 Å². The van der Waals surface area contributed by atoms with E-state index in [0.717, 1.165) is 13.1 Å². The third kappa shape index (κ3) is 2.20. The summed E-state index contributed by atoms with van der Waals surface area (Å²) in [6, 6.07) is 8.29. The zero-order valence-electron chi connectivity index (χ0n) is 9.36. The Morgan fingerprint density at radius 3 is 2.27 bits per heavy atom. The van der Waals surface area contributed by atoms with Gasteiger partial charge >= 0.3 is 0 Å². The molecule has 2 nitrogen and oxygen atoms in total. The van der Waals surface area contributed by atoms with Crippen molar-refractivity contribution < 1.29 is 4.79 Å². The molecule has 1 aliphatic heterocycles. The molecule has 0 saturated carbocycles. The first-order valence-electron chi connectivity index (χ1n) is 5.51. The van der Waals surface area contributed by atoms with Crippen LogP contribution in [0.2, 0.25) is 0 Å². The maximum Gasteiger partial charge on any atom is 0.223 e. The number of rotatable bonds is 2. The van der Waals surface area contributed by atoms with Crippen LogP contribution in [0.5, 0.6) is 0 Å². The smallest absolute Gasteiger partial charge is 0.223 e. The Bertz CT molecular complexity index is 346. The summed E-state index contributed by atoms with van der Waals surface area (Å²) in [7, 11) is 0. The predicted molar refractivity (Wildman–Crippen MR) is 60.2 cm³/mol. The van der Waals surface area contributed by atoms with Gasteiger partial charge in [0.15, 0.2) is 0 Å². The second-order valence-electron chi connectivity index (χ2n) is 4.62. The van der Waals surface area contributed by atoms with E-state index in [1.807, 2.05) is 17.0 Å². The first-order chi connectivity index (χ1) is 7.16. The molecule has 1 aliphatic rings. The van der Waals surface area contributed by atoms with Crippen molar-refractivity contribution >= 4 is 5.91 Å². The number of nitrogens with zero attached hydrogens (tertiary/aromatic N) is 1. The van der Waals surface area contributed by atoms with E-state index < -0.39 is 0 Å². The van der Waals surface area contributed by atoms with Crippen molar-refractivity contribution in [1.82, 2.24) is 4.90 Å². The van der Waals surface area contributed by atoms with E-state index in [2.05, 4.69) is 26.0 Å². The largest absolute Gasteiger partial charge is 0.334 e. The zero-order valence-corrected chi connectivity index (χ0v) is 9.36. The lowest BCUT2D eigenvalue weighted by Crippen LogP contribution is -2.26. The normalized spacial score (nSPS) is 14.5. The van der Waals surface area contributed by atoms with Crippen LogP contribution in [0.1, 0.15) is 31.4 Å². The second kappa shape index (κ2) is 4.05. The third-order valence-corrected chi connectivity index (χ3v) is 2.78. The molecule has 0 saturated heterocycles.